The number of ether oxygens (including phenoxy) is 2. The van der Waals surface area contributed by atoms with Gasteiger partial charge in [0.2, 0.25) is 5.91 Å². The van der Waals surface area contributed by atoms with Gasteiger partial charge in [-0.15, -0.1) is 0 Å². The average Bonchev–Trinajstić information content (AvgIpc) is 3.09. The van der Waals surface area contributed by atoms with Gasteiger partial charge in [-0.05, 0) is 55.5 Å². The molecule has 0 aliphatic heterocycles. The number of nitrogens with one attached hydrogen (secondary N) is 4. The number of carbonyl (C=O) groups is 1. The van der Waals surface area contributed by atoms with Crippen molar-refractivity contribution >= 4 is 78.9 Å². The maximum atomic E-state index is 13.6. The second-order valence-corrected chi connectivity index (χ2v) is 13.2. The van der Waals surface area contributed by atoms with Crippen LogP contribution in [0, 0.1) is 0 Å². The topological polar surface area (TPSA) is 147 Å². The highest BCUT2D eigenvalue weighted by atomic mass is 35.5. The molecule has 15 heteroatoms. The minimum Gasteiger partial charge on any atom is -0.497 e. The molecule has 0 bridgehead atoms. The van der Waals surface area contributed by atoms with Gasteiger partial charge in [0.05, 0.1) is 46.7 Å². The lowest BCUT2D eigenvalue weighted by Crippen LogP contribution is -2.35. The molecule has 12 nitrogen and oxygen atoms in total. The zero-order chi connectivity index (χ0) is 35.0. The number of fused-ring (bicyclic) bond motifs is 1. The van der Waals surface area contributed by atoms with Crippen LogP contribution in [0.2, 0.25) is 10.0 Å². The molecule has 4 aromatic carbocycles. The Morgan fingerprint density at radius 1 is 0.816 bits per heavy atom. The van der Waals surface area contributed by atoms with Crippen LogP contribution in [0.15, 0.2) is 89.8 Å². The maximum Gasteiger partial charge on any atom is 0.263 e. The molecule has 5 rings (SSSR count). The van der Waals surface area contributed by atoms with Crippen LogP contribution in [0.4, 0.5) is 28.7 Å². The van der Waals surface area contributed by atoms with Crippen molar-refractivity contribution in [3.63, 3.8) is 0 Å². The van der Waals surface area contributed by atoms with E-state index in [9.17, 15) is 13.2 Å². The summed E-state index contributed by atoms with van der Waals surface area (Å²) in [6, 6.07) is 23.6. The number of benzene rings is 4. The van der Waals surface area contributed by atoms with Crippen molar-refractivity contribution in [2.24, 2.45) is 0 Å². The van der Waals surface area contributed by atoms with Crippen LogP contribution >= 0.6 is 23.2 Å². The number of rotatable bonds is 15. The first-order chi connectivity index (χ1) is 23.6. The SMILES string of the molecule is CCN(CCNCC(=O)Nc1cccc(S(=O)(=O)Nc2nc3ccccc3nc2Nc2cc(OC)cc(OC)c2)c1)c1ccc(Cl)c(Cl)c1. The Labute approximate surface area is 294 Å². The molecular formula is C34H35Cl2N7O5S. The van der Waals surface area contributed by atoms with E-state index in [1.54, 1.807) is 60.7 Å². The number of carbonyl (C=O) groups excluding carboxylic acids is 1. The van der Waals surface area contributed by atoms with Gasteiger partial charge in [0.1, 0.15) is 11.5 Å². The van der Waals surface area contributed by atoms with Crippen molar-refractivity contribution in [3.05, 3.63) is 95.0 Å². The van der Waals surface area contributed by atoms with Gasteiger partial charge >= 0.3 is 0 Å². The van der Waals surface area contributed by atoms with Crippen LogP contribution in [-0.2, 0) is 14.8 Å². The third-order valence-electron chi connectivity index (χ3n) is 7.34. The van der Waals surface area contributed by atoms with Crippen LogP contribution in [0.3, 0.4) is 0 Å². The van der Waals surface area contributed by atoms with Crippen LogP contribution in [-0.4, -0.2) is 64.7 Å². The number of likely N-dealkylation sites (N-methyl/N-ethyl adjacent to an activating group) is 1. The second-order valence-electron chi connectivity index (χ2n) is 10.7. The van der Waals surface area contributed by atoms with Gasteiger partial charge in [-0.1, -0.05) is 41.4 Å². The number of sulfonamides is 1. The quantitative estimate of drug-likeness (QED) is 0.0877. The van der Waals surface area contributed by atoms with E-state index < -0.39 is 10.0 Å². The minimum atomic E-state index is -4.18. The first kappa shape index (κ1) is 35.5. The third kappa shape index (κ3) is 9.21. The minimum absolute atomic E-state index is 0.0188. The van der Waals surface area contributed by atoms with Gasteiger partial charge in [0, 0.05) is 54.9 Å². The van der Waals surface area contributed by atoms with Crippen molar-refractivity contribution < 1.29 is 22.7 Å². The first-order valence-electron chi connectivity index (χ1n) is 15.2. The largest absolute Gasteiger partial charge is 0.497 e. The highest BCUT2D eigenvalue weighted by molar-refractivity contribution is 7.92. The fourth-order valence-electron chi connectivity index (χ4n) is 4.87. The molecule has 0 saturated heterocycles. The summed E-state index contributed by atoms with van der Waals surface area (Å²) in [5.41, 5.74) is 2.82. The molecule has 0 spiro atoms. The van der Waals surface area contributed by atoms with Crippen molar-refractivity contribution in [3.8, 4) is 11.5 Å². The van der Waals surface area contributed by atoms with E-state index in [-0.39, 0.29) is 29.0 Å². The van der Waals surface area contributed by atoms with Crippen LogP contribution in [0.1, 0.15) is 6.92 Å². The van der Waals surface area contributed by atoms with Crippen molar-refractivity contribution in [1.29, 1.82) is 0 Å². The molecule has 0 unspecified atom stereocenters. The van der Waals surface area contributed by atoms with Gasteiger partial charge in [-0.25, -0.2) is 18.4 Å². The van der Waals surface area contributed by atoms with E-state index in [1.807, 2.05) is 19.1 Å². The second kappa shape index (κ2) is 16.1. The van der Waals surface area contributed by atoms with Crippen molar-refractivity contribution in [2.45, 2.75) is 11.8 Å². The summed E-state index contributed by atoms with van der Waals surface area (Å²) < 4.78 is 40.6. The summed E-state index contributed by atoms with van der Waals surface area (Å²) >= 11 is 12.2. The fourth-order valence-corrected chi connectivity index (χ4v) is 6.22. The van der Waals surface area contributed by atoms with Crippen LogP contribution < -0.4 is 35.0 Å². The molecule has 0 aliphatic carbocycles. The zero-order valence-corrected chi connectivity index (χ0v) is 29.3. The van der Waals surface area contributed by atoms with Crippen LogP contribution in [0.25, 0.3) is 11.0 Å². The van der Waals surface area contributed by atoms with Gasteiger partial charge in [0.15, 0.2) is 11.6 Å². The number of amides is 1. The highest BCUT2D eigenvalue weighted by Crippen LogP contribution is 2.32. The molecule has 49 heavy (non-hydrogen) atoms. The normalized spacial score (nSPS) is 11.2. The van der Waals surface area contributed by atoms with Crippen molar-refractivity contribution in [1.82, 2.24) is 15.3 Å². The lowest BCUT2D eigenvalue weighted by atomic mass is 10.2. The Hall–Kier alpha value is -4.82. The van der Waals surface area contributed by atoms with Gasteiger partial charge in [0.25, 0.3) is 10.0 Å². The number of hydrogen-bond acceptors (Lipinski definition) is 10. The van der Waals surface area contributed by atoms with Gasteiger partial charge < -0.3 is 30.3 Å². The van der Waals surface area contributed by atoms with Crippen LogP contribution in [0.5, 0.6) is 11.5 Å². The molecule has 0 saturated carbocycles. The lowest BCUT2D eigenvalue weighted by molar-refractivity contribution is -0.115. The van der Waals surface area contributed by atoms with E-state index in [2.05, 4.69) is 35.5 Å². The maximum absolute atomic E-state index is 13.6. The summed E-state index contributed by atoms with van der Waals surface area (Å²) in [6.07, 6.45) is 0. The fraction of sp³-hybridized carbons (Fsp3) is 0.206. The molecular weight excluding hydrogens is 689 g/mol. The standard InChI is InChI=1S/C34H35Cl2N7O5S/c1-4-43(24-12-13-28(35)29(36)19-24)15-14-37-21-32(44)38-22-8-7-9-27(18-22)49(45,46)42-34-33(40-30-10-5-6-11-31(30)41-34)39-23-16-25(47-2)20-26(17-23)48-3/h5-13,16-20,37H,4,14-15,21H2,1-3H3,(H,38,44)(H,39,40)(H,41,42). The molecule has 256 valence electrons. The molecule has 1 amide bonds. The summed E-state index contributed by atoms with van der Waals surface area (Å²) in [5, 5.41) is 9.96. The molecule has 1 aromatic heterocycles. The Morgan fingerprint density at radius 3 is 2.16 bits per heavy atom. The first-order valence-corrected chi connectivity index (χ1v) is 17.4. The van der Waals surface area contributed by atoms with Gasteiger partial charge in [-0.3, -0.25) is 9.52 Å². The summed E-state index contributed by atoms with van der Waals surface area (Å²) in [4.78, 5) is 23.9. The molecule has 5 aromatic rings. The van der Waals surface area contributed by atoms with Gasteiger partial charge in [-0.2, -0.15) is 0 Å². The smallest absolute Gasteiger partial charge is 0.263 e. The van der Waals surface area contributed by atoms with E-state index >= 15 is 0 Å². The predicted molar refractivity (Wildman–Crippen MR) is 195 cm³/mol. The molecule has 0 atom stereocenters. The molecule has 1 heterocycles. The van der Waals surface area contributed by atoms with E-state index in [0.29, 0.717) is 57.0 Å². The lowest BCUT2D eigenvalue weighted by Gasteiger charge is -2.23. The van der Waals surface area contributed by atoms with Crippen molar-refractivity contribution in [2.75, 3.05) is 60.7 Å². The van der Waals surface area contributed by atoms with E-state index in [0.717, 1.165) is 12.2 Å². The summed E-state index contributed by atoms with van der Waals surface area (Å²) in [5.74, 6) is 0.853. The van der Waals surface area contributed by atoms with E-state index in [4.69, 9.17) is 32.7 Å². The zero-order valence-electron chi connectivity index (χ0n) is 27.0. The number of hydrogen-bond donors (Lipinski definition) is 4. The Bertz CT molecular complexity index is 2040. The molecule has 0 radical (unpaired) electrons. The Balaban J connectivity index is 1.27. The van der Waals surface area contributed by atoms with E-state index in [1.165, 1.54) is 26.4 Å². The highest BCUT2D eigenvalue weighted by Gasteiger charge is 2.20. The number of halogens is 2. The summed E-state index contributed by atoms with van der Waals surface area (Å²) in [6.45, 7) is 3.92. The molecule has 0 fully saturated rings. The molecule has 4 N–H and O–H groups in total. The Morgan fingerprint density at radius 2 is 1.51 bits per heavy atom. The summed E-state index contributed by atoms with van der Waals surface area (Å²) in [7, 11) is -1.12. The average molecular weight is 725 g/mol. The number of anilines is 5. The monoisotopic (exact) mass is 723 g/mol. The molecule has 0 aliphatic rings. The number of methoxy groups -OCH3 is 2. The number of aromatic nitrogens is 2. The predicted octanol–water partition coefficient (Wildman–Crippen LogP) is 6.55. The third-order valence-corrected chi connectivity index (χ3v) is 9.41. The Kier molecular flexibility index (Phi) is 11.6. The number of nitrogens with zero attached hydrogens (tertiary/aromatic N) is 3. The number of para-hydroxylation sites is 2.